The van der Waals surface area contributed by atoms with E-state index in [1.807, 2.05) is 0 Å². The van der Waals surface area contributed by atoms with Crippen molar-refractivity contribution in [2.45, 2.75) is 296 Å². The Morgan fingerprint density at radius 3 is 0.600 bits per heavy atom. The summed E-state index contributed by atoms with van der Waals surface area (Å²) < 4.78 is 84.3. The van der Waals surface area contributed by atoms with Crippen molar-refractivity contribution in [2.75, 3.05) is 37.9 Å². The van der Waals surface area contributed by atoms with E-state index >= 15 is 0 Å². The quantitative estimate of drug-likeness (QED) is 0.0198. The van der Waals surface area contributed by atoms with Crippen LogP contribution in [0, 0.1) is 0 Å². The molecule has 2 aromatic rings. The minimum Gasteiger partial charge on any atom is -0.748 e. The van der Waals surface area contributed by atoms with Crippen LogP contribution in [0.3, 0.4) is 0 Å². The van der Waals surface area contributed by atoms with Gasteiger partial charge in [0.1, 0.15) is 13.2 Å². The number of rotatable bonds is 56. The van der Waals surface area contributed by atoms with Gasteiger partial charge in [-0.25, -0.2) is 36.0 Å². The Bertz CT molecular complexity index is 2020. The molecule has 0 atom stereocenters. The average molecular weight is 1260 g/mol. The molecule has 85 heavy (non-hydrogen) atoms. The Kier molecular flexibility index (Phi) is 56.0. The fourth-order valence-electron chi connectivity index (χ4n) is 10.2. The molecule has 14 nitrogen and oxygen atoms in total. The Labute approximate surface area is 546 Å². The number of carbonyl (C=O) groups is 4. The molecule has 0 N–H and O–H groups in total. The molecule has 0 saturated heterocycles. The van der Waals surface area contributed by atoms with E-state index in [-0.39, 0.29) is 73.2 Å². The zero-order valence-corrected chi connectivity index (χ0v) is 57.1. The summed E-state index contributed by atoms with van der Waals surface area (Å²) in [6.07, 6.45) is 58.0. The smallest absolute Gasteiger partial charge is 0.748 e. The van der Waals surface area contributed by atoms with Gasteiger partial charge in [0.2, 0.25) is 0 Å². The Hall–Kier alpha value is -2.60. The number of unbranched alkanes of at least 4 members (excludes halogenated alkanes) is 42. The van der Waals surface area contributed by atoms with E-state index in [2.05, 4.69) is 13.8 Å². The molecular weight excluding hydrogens is 1140 g/mol. The molecule has 2 aromatic carbocycles. The maximum Gasteiger partial charge on any atom is 2.00 e. The van der Waals surface area contributed by atoms with Crippen molar-refractivity contribution in [1.29, 1.82) is 0 Å². The van der Waals surface area contributed by atoms with E-state index in [1.54, 1.807) is 24.3 Å². The first-order valence-corrected chi connectivity index (χ1v) is 36.6. The predicted octanol–water partition coefficient (Wildman–Crippen LogP) is 17.9. The first-order chi connectivity index (χ1) is 40.7. The van der Waals surface area contributed by atoms with Gasteiger partial charge in [0, 0.05) is 0 Å². The molecule has 17 heteroatoms. The molecular formula is C68H114CaO14S2. The summed E-state index contributed by atoms with van der Waals surface area (Å²) in [7, 11) is -8.97. The summed E-state index contributed by atoms with van der Waals surface area (Å²) in [5, 5.41) is 0. The van der Waals surface area contributed by atoms with Gasteiger partial charge in [-0.1, -0.05) is 308 Å². The zero-order chi connectivity index (χ0) is 61.5. The second kappa shape index (κ2) is 57.8. The molecule has 0 aliphatic carbocycles. The van der Waals surface area contributed by atoms with Crippen molar-refractivity contribution in [3.8, 4) is 0 Å². The summed E-state index contributed by atoms with van der Waals surface area (Å²) in [6.45, 7) is 3.98. The predicted molar refractivity (Wildman–Crippen MR) is 343 cm³/mol. The van der Waals surface area contributed by atoms with Crippen molar-refractivity contribution in [1.82, 2.24) is 0 Å². The molecule has 0 unspecified atom stereocenters. The van der Waals surface area contributed by atoms with E-state index < -0.39 is 68.8 Å². The summed E-state index contributed by atoms with van der Waals surface area (Å²) in [4.78, 5) is 49.3. The van der Waals surface area contributed by atoms with Crippen LogP contribution in [-0.2, 0) is 39.2 Å². The van der Waals surface area contributed by atoms with Gasteiger partial charge in [0.15, 0.2) is 0 Å². The summed E-state index contributed by atoms with van der Waals surface area (Å²) in [5.41, 5.74) is 0.0947. The molecule has 0 amide bonds. The fourth-order valence-corrected chi connectivity index (χ4v) is 10.8. The second-order valence-corrected chi connectivity index (χ2v) is 26.1. The third-order valence-electron chi connectivity index (χ3n) is 15.3. The minimum absolute atomic E-state index is 0. The van der Waals surface area contributed by atoms with Gasteiger partial charge >= 0.3 is 61.6 Å². The SMILES string of the molecule is CCCCCCCCCCCCCCCCCCCCCCCCOC(=O)c1ccccc1C(=O)OCCS(=O)(=O)[O-].CCCCCCCCCCCCCCCCCCCCCCCCOC(=O)c1ccccc1C(=O)OCCS(=O)(=O)[O-].[Ca+2]. The summed E-state index contributed by atoms with van der Waals surface area (Å²) in [6, 6.07) is 12.1. The van der Waals surface area contributed by atoms with Gasteiger partial charge < -0.3 is 28.1 Å². The molecule has 484 valence electrons. The maximum atomic E-state index is 12.4. The molecule has 0 radical (unpaired) electrons. The maximum absolute atomic E-state index is 12.4. The van der Waals surface area contributed by atoms with E-state index in [4.69, 9.17) is 18.9 Å². The van der Waals surface area contributed by atoms with Crippen LogP contribution in [-0.4, -0.2) is 125 Å². The third-order valence-corrected chi connectivity index (χ3v) is 16.7. The van der Waals surface area contributed by atoms with Crippen molar-refractivity contribution < 1.29 is 64.1 Å². The van der Waals surface area contributed by atoms with Crippen molar-refractivity contribution >= 4 is 81.9 Å². The molecule has 0 fully saturated rings. The molecule has 0 bridgehead atoms. The van der Waals surface area contributed by atoms with Crippen molar-refractivity contribution in [3.63, 3.8) is 0 Å². The van der Waals surface area contributed by atoms with Crippen LogP contribution in [0.5, 0.6) is 0 Å². The number of benzene rings is 2. The van der Waals surface area contributed by atoms with Gasteiger partial charge in [0.25, 0.3) is 0 Å². The largest absolute Gasteiger partial charge is 2.00 e. The fraction of sp³-hybridized carbons (Fsp3) is 0.765. The summed E-state index contributed by atoms with van der Waals surface area (Å²) >= 11 is 0. The third kappa shape index (κ3) is 51.9. The van der Waals surface area contributed by atoms with Crippen LogP contribution in [0.2, 0.25) is 0 Å². The van der Waals surface area contributed by atoms with Crippen LogP contribution in [0.15, 0.2) is 48.5 Å². The standard InChI is InChI=1S/2C34H58O7S.Ca/c2*1-2-3-4-5-6-7-8-9-10-11-12-13-14-15-16-17-18-19-20-21-22-25-28-40-33(35)31-26-23-24-27-32(31)34(36)41-29-30-42(37,38)39;/h2*23-24,26-27H,2-22,25,28-30H2,1H3,(H,37,38,39);/q;;+2/p-2. The number of ether oxygens (including phenoxy) is 4. The van der Waals surface area contributed by atoms with Gasteiger partial charge in [-0.05, 0) is 37.1 Å². The topological polar surface area (TPSA) is 220 Å². The molecule has 0 aliphatic rings. The monoisotopic (exact) mass is 1260 g/mol. The number of carbonyl (C=O) groups excluding carboxylic acids is 4. The van der Waals surface area contributed by atoms with Crippen molar-refractivity contribution in [3.05, 3.63) is 70.8 Å². The van der Waals surface area contributed by atoms with E-state index in [0.29, 0.717) is 0 Å². The molecule has 2 rings (SSSR count). The minimum atomic E-state index is -4.49. The van der Waals surface area contributed by atoms with Gasteiger partial charge in [-0.3, -0.25) is 0 Å². The zero-order valence-electron chi connectivity index (χ0n) is 53.2. The number of esters is 4. The van der Waals surface area contributed by atoms with Crippen LogP contribution >= 0.6 is 0 Å². The van der Waals surface area contributed by atoms with E-state index in [9.17, 15) is 45.1 Å². The molecule has 0 saturated carbocycles. The van der Waals surface area contributed by atoms with Crippen LogP contribution in [0.1, 0.15) is 338 Å². The normalized spacial score (nSPS) is 11.3. The number of hydrogen-bond donors (Lipinski definition) is 0. The van der Waals surface area contributed by atoms with Gasteiger partial charge in [-0.2, -0.15) is 0 Å². The first-order valence-electron chi connectivity index (χ1n) is 33.4. The van der Waals surface area contributed by atoms with Crippen molar-refractivity contribution in [2.24, 2.45) is 0 Å². The van der Waals surface area contributed by atoms with Crippen LogP contribution < -0.4 is 0 Å². The first kappa shape index (κ1) is 82.4. The Morgan fingerprint density at radius 2 is 0.435 bits per heavy atom. The van der Waals surface area contributed by atoms with E-state index in [0.717, 1.165) is 38.5 Å². The summed E-state index contributed by atoms with van der Waals surface area (Å²) in [5.74, 6) is -4.61. The molecule has 0 heterocycles. The average Bonchev–Trinajstić information content (AvgIpc) is 3.44. The van der Waals surface area contributed by atoms with E-state index in [1.165, 1.54) is 268 Å². The second-order valence-electron chi connectivity index (χ2n) is 23.0. The van der Waals surface area contributed by atoms with Crippen LogP contribution in [0.25, 0.3) is 0 Å². The van der Waals surface area contributed by atoms with Gasteiger partial charge in [0.05, 0.1) is 67.2 Å². The Balaban J connectivity index is 0.00000164. The number of hydrogen-bond acceptors (Lipinski definition) is 14. The van der Waals surface area contributed by atoms with Crippen LogP contribution in [0.4, 0.5) is 0 Å². The Morgan fingerprint density at radius 1 is 0.282 bits per heavy atom. The molecule has 0 aliphatic heterocycles. The molecule has 0 aromatic heterocycles. The molecule has 0 spiro atoms. The van der Waals surface area contributed by atoms with Gasteiger partial charge in [-0.15, -0.1) is 0 Å².